The number of nitrogens with zero attached hydrogens (tertiary/aromatic N) is 4. The van der Waals surface area contributed by atoms with Crippen molar-refractivity contribution < 1.29 is 27.1 Å². The van der Waals surface area contributed by atoms with Gasteiger partial charge in [0.1, 0.15) is 6.67 Å². The molecule has 0 bridgehead atoms. The summed E-state index contributed by atoms with van der Waals surface area (Å²) in [7, 11) is 1.54. The average Bonchev–Trinajstić information content (AvgIpc) is 3.33. The zero-order valence-electron chi connectivity index (χ0n) is 23.7. The number of rotatable bonds is 6. The van der Waals surface area contributed by atoms with E-state index in [1.807, 2.05) is 13.0 Å². The third kappa shape index (κ3) is 6.46. The summed E-state index contributed by atoms with van der Waals surface area (Å²) in [6.45, 7) is 4.82. The molecule has 0 radical (unpaired) electrons. The lowest BCUT2D eigenvalue weighted by Gasteiger charge is -2.34. The number of hydrogen-bond donors (Lipinski definition) is 2. The SMILES string of the molecule is CN/N=C(\N=N)N(Cc1cc(CF)cc(C(F)(F)F)c1)[C@H]1CCCN(C(=O)OC(C)C)c2c1cc(C)c1c2CCC1. The van der Waals surface area contributed by atoms with Crippen LogP contribution >= 0.6 is 0 Å². The van der Waals surface area contributed by atoms with E-state index < -0.39 is 30.5 Å². The zero-order valence-corrected chi connectivity index (χ0v) is 23.7. The quantitative estimate of drug-likeness (QED) is 0.125. The lowest BCUT2D eigenvalue weighted by molar-refractivity contribution is -0.137. The summed E-state index contributed by atoms with van der Waals surface area (Å²) < 4.78 is 60.3. The number of hydrogen-bond acceptors (Lipinski definition) is 5. The monoisotopic (exact) mass is 576 g/mol. The number of guanidine groups is 1. The number of halogens is 4. The summed E-state index contributed by atoms with van der Waals surface area (Å²) in [6, 6.07) is 4.72. The second kappa shape index (κ2) is 12.4. The topological polar surface area (TPSA) is 93.4 Å². The minimum atomic E-state index is -4.66. The standard InChI is InChI=1S/C29H36F4N6O2/c1-17(2)41-28(40)38-10-6-9-25(24-11-18(3)22-7-5-8-23(22)26(24)38)39(27(36-34)37-35-4)16-20-12-19(15-30)13-21(14-20)29(31,32)33/h11-14,17,25,34-35H,5-10,15-16H2,1-4H3/b36-34?,37-27+/t25-/m0/s1. The van der Waals surface area contributed by atoms with Gasteiger partial charge in [0, 0.05) is 20.1 Å². The van der Waals surface area contributed by atoms with Crippen LogP contribution in [0.1, 0.15) is 78.1 Å². The maximum atomic E-state index is 13.7. The highest BCUT2D eigenvalue weighted by Gasteiger charge is 2.37. The number of ether oxygens (including phenoxy) is 1. The first kappa shape index (κ1) is 30.3. The van der Waals surface area contributed by atoms with E-state index in [-0.39, 0.29) is 29.7 Å². The van der Waals surface area contributed by atoms with Crippen molar-refractivity contribution in [2.45, 2.75) is 84.4 Å². The van der Waals surface area contributed by atoms with Crippen molar-refractivity contribution in [2.75, 3.05) is 18.5 Å². The molecule has 0 aromatic heterocycles. The number of anilines is 1. The van der Waals surface area contributed by atoms with Gasteiger partial charge in [-0.2, -0.15) is 13.2 Å². The van der Waals surface area contributed by atoms with Gasteiger partial charge in [0.2, 0.25) is 0 Å². The fourth-order valence-corrected chi connectivity index (χ4v) is 5.92. The van der Waals surface area contributed by atoms with Crippen molar-refractivity contribution in [1.82, 2.24) is 10.3 Å². The molecule has 41 heavy (non-hydrogen) atoms. The fourth-order valence-electron chi connectivity index (χ4n) is 5.92. The average molecular weight is 577 g/mol. The fraction of sp³-hybridized carbons (Fsp3) is 0.517. The minimum Gasteiger partial charge on any atom is -0.446 e. The summed E-state index contributed by atoms with van der Waals surface area (Å²) in [5, 5.41) is 7.77. The van der Waals surface area contributed by atoms with Crippen LogP contribution in [0.25, 0.3) is 0 Å². The van der Waals surface area contributed by atoms with Crippen LogP contribution in [-0.4, -0.2) is 36.6 Å². The van der Waals surface area contributed by atoms with E-state index in [1.165, 1.54) is 18.7 Å². The Kier molecular flexibility index (Phi) is 9.18. The zero-order chi connectivity index (χ0) is 29.9. The van der Waals surface area contributed by atoms with E-state index in [0.717, 1.165) is 53.8 Å². The van der Waals surface area contributed by atoms with E-state index in [0.29, 0.717) is 19.4 Å². The summed E-state index contributed by atoms with van der Waals surface area (Å²) in [4.78, 5) is 16.7. The Bertz CT molecular complexity index is 1330. The highest BCUT2D eigenvalue weighted by Crippen LogP contribution is 2.45. The molecule has 2 N–H and O–H groups in total. The Labute approximate surface area is 237 Å². The van der Waals surface area contributed by atoms with E-state index >= 15 is 0 Å². The van der Waals surface area contributed by atoms with Crippen molar-refractivity contribution in [1.29, 1.82) is 5.53 Å². The van der Waals surface area contributed by atoms with Gasteiger partial charge in [0.15, 0.2) is 0 Å². The molecular weight excluding hydrogens is 540 g/mol. The summed E-state index contributed by atoms with van der Waals surface area (Å²) in [5.74, 6) is -0.0426. The van der Waals surface area contributed by atoms with Gasteiger partial charge in [0.25, 0.3) is 5.96 Å². The Morgan fingerprint density at radius 3 is 2.51 bits per heavy atom. The molecule has 0 fully saturated rings. The predicted octanol–water partition coefficient (Wildman–Crippen LogP) is 7.18. The summed E-state index contributed by atoms with van der Waals surface area (Å²) in [6.07, 6.45) is -1.75. The van der Waals surface area contributed by atoms with Crippen molar-refractivity contribution in [2.24, 2.45) is 10.2 Å². The molecule has 0 saturated heterocycles. The largest absolute Gasteiger partial charge is 0.446 e. The highest BCUT2D eigenvalue weighted by molar-refractivity contribution is 5.91. The molecule has 2 aromatic rings. The number of amides is 1. The molecular formula is C29H36F4N6O2. The number of aryl methyl sites for hydroxylation is 1. The smallest absolute Gasteiger partial charge is 0.416 e. The van der Waals surface area contributed by atoms with Gasteiger partial charge >= 0.3 is 12.3 Å². The van der Waals surface area contributed by atoms with Crippen LogP contribution in [0, 0.1) is 12.5 Å². The van der Waals surface area contributed by atoms with Crippen molar-refractivity contribution in [3.8, 4) is 0 Å². The van der Waals surface area contributed by atoms with Crippen LogP contribution in [0.3, 0.4) is 0 Å². The lowest BCUT2D eigenvalue weighted by atomic mass is 9.91. The third-order valence-corrected chi connectivity index (χ3v) is 7.50. The van der Waals surface area contributed by atoms with Crippen LogP contribution in [0.2, 0.25) is 0 Å². The van der Waals surface area contributed by atoms with Crippen molar-refractivity contribution in [3.05, 3.63) is 63.2 Å². The molecule has 1 heterocycles. The van der Waals surface area contributed by atoms with Gasteiger partial charge < -0.3 is 15.1 Å². The predicted molar refractivity (Wildman–Crippen MR) is 148 cm³/mol. The van der Waals surface area contributed by atoms with Crippen LogP contribution in [0.4, 0.5) is 28.0 Å². The number of nitrogens with one attached hydrogen (secondary N) is 2. The molecule has 1 aliphatic carbocycles. The van der Waals surface area contributed by atoms with Crippen LogP contribution in [-0.2, 0) is 37.0 Å². The first-order valence-corrected chi connectivity index (χ1v) is 13.8. The van der Waals surface area contributed by atoms with Crippen LogP contribution in [0.5, 0.6) is 0 Å². The minimum absolute atomic E-state index is 0.0426. The van der Waals surface area contributed by atoms with Gasteiger partial charge in [-0.15, -0.1) is 10.2 Å². The lowest BCUT2D eigenvalue weighted by Crippen LogP contribution is -2.36. The molecule has 8 nitrogen and oxygen atoms in total. The number of carbonyl (C=O) groups is 1. The van der Waals surface area contributed by atoms with Crippen molar-refractivity contribution in [3.63, 3.8) is 0 Å². The van der Waals surface area contributed by atoms with Gasteiger partial charge in [-0.05, 0) is 98.4 Å². The molecule has 1 amide bonds. The molecule has 0 spiro atoms. The number of hydrazone groups is 1. The molecule has 2 aliphatic rings. The van der Waals surface area contributed by atoms with Gasteiger partial charge in [-0.1, -0.05) is 12.1 Å². The normalized spacial score (nSPS) is 17.1. The third-order valence-electron chi connectivity index (χ3n) is 7.50. The molecule has 1 atom stereocenters. The number of fused-ring (bicyclic) bond motifs is 3. The maximum absolute atomic E-state index is 13.7. The molecule has 1 aliphatic heterocycles. The Morgan fingerprint density at radius 2 is 1.88 bits per heavy atom. The van der Waals surface area contributed by atoms with Crippen molar-refractivity contribution >= 4 is 17.7 Å². The van der Waals surface area contributed by atoms with Gasteiger partial charge in [0.05, 0.1) is 23.4 Å². The van der Waals surface area contributed by atoms with Gasteiger partial charge in [-0.25, -0.2) is 14.7 Å². The molecule has 0 unspecified atom stereocenters. The first-order valence-electron chi connectivity index (χ1n) is 13.8. The van der Waals surface area contributed by atoms with Gasteiger partial charge in [-0.3, -0.25) is 4.90 Å². The van der Waals surface area contributed by atoms with E-state index in [2.05, 4.69) is 15.6 Å². The Morgan fingerprint density at radius 1 is 1.17 bits per heavy atom. The second-order valence-electron chi connectivity index (χ2n) is 10.7. The van der Waals surface area contributed by atoms with E-state index in [1.54, 1.807) is 23.6 Å². The molecule has 12 heteroatoms. The molecule has 0 saturated carbocycles. The molecule has 2 aromatic carbocycles. The number of alkyl halides is 4. The van der Waals surface area contributed by atoms with Crippen LogP contribution in [0.15, 0.2) is 34.5 Å². The number of benzene rings is 2. The van der Waals surface area contributed by atoms with Crippen LogP contribution < -0.4 is 10.3 Å². The molecule has 222 valence electrons. The maximum Gasteiger partial charge on any atom is 0.416 e. The summed E-state index contributed by atoms with van der Waals surface area (Å²) in [5.41, 5.74) is 14.5. The first-order chi connectivity index (χ1) is 19.5. The highest BCUT2D eigenvalue weighted by atomic mass is 19.4. The number of carbonyl (C=O) groups excluding carboxylic acids is 1. The van der Waals surface area contributed by atoms with E-state index in [9.17, 15) is 22.4 Å². The Hall–Kier alpha value is -3.70. The summed E-state index contributed by atoms with van der Waals surface area (Å²) >= 11 is 0. The second-order valence-corrected chi connectivity index (χ2v) is 10.7. The molecule has 4 rings (SSSR count). The van der Waals surface area contributed by atoms with E-state index in [4.69, 9.17) is 10.3 Å². The Balaban J connectivity index is 1.90.